The van der Waals surface area contributed by atoms with E-state index in [9.17, 15) is 4.79 Å². The number of hydrogen-bond donors (Lipinski definition) is 1. The van der Waals surface area contributed by atoms with Crippen molar-refractivity contribution in [1.82, 2.24) is 4.57 Å². The summed E-state index contributed by atoms with van der Waals surface area (Å²) in [6, 6.07) is 19.4. The Morgan fingerprint density at radius 2 is 1.91 bits per heavy atom. The van der Waals surface area contributed by atoms with E-state index in [1.54, 1.807) is 0 Å². The van der Waals surface area contributed by atoms with Gasteiger partial charge in [0.05, 0.1) is 30.7 Å². The van der Waals surface area contributed by atoms with Crippen molar-refractivity contribution in [1.29, 1.82) is 0 Å². The molecule has 0 unspecified atom stereocenters. The molecule has 172 valence electrons. The normalized spacial score (nSPS) is 13.8. The van der Waals surface area contributed by atoms with Crippen molar-refractivity contribution in [2.24, 2.45) is 17.8 Å². The summed E-state index contributed by atoms with van der Waals surface area (Å²) in [5.41, 5.74) is 12.8. The largest absolute Gasteiger partial charge is 0.462 e. The van der Waals surface area contributed by atoms with Crippen molar-refractivity contribution in [2.75, 3.05) is 6.61 Å². The molecule has 5 heteroatoms. The zero-order chi connectivity index (χ0) is 23.7. The van der Waals surface area contributed by atoms with Gasteiger partial charge in [0.1, 0.15) is 0 Å². The number of fused-ring (bicyclic) bond motifs is 2. The first-order valence-electron chi connectivity index (χ1n) is 11.8. The van der Waals surface area contributed by atoms with Crippen LogP contribution in [0.4, 0.5) is 0 Å². The van der Waals surface area contributed by atoms with E-state index in [1.807, 2.05) is 14.0 Å². The van der Waals surface area contributed by atoms with E-state index in [0.29, 0.717) is 18.7 Å². The quantitative estimate of drug-likeness (QED) is 0.215. The molecule has 4 aromatic rings. The van der Waals surface area contributed by atoms with Crippen molar-refractivity contribution >= 4 is 39.6 Å². The molecule has 0 spiro atoms. The molecule has 0 aliphatic heterocycles. The molecule has 3 aromatic carbocycles. The third-order valence-corrected chi connectivity index (χ3v) is 6.75. The molecule has 0 saturated carbocycles. The number of carbonyl (C=O) groups excluding carboxylic acids is 1. The number of aromatic nitrogens is 1. The number of aryl methyl sites for hydroxylation is 1. The van der Waals surface area contributed by atoms with E-state index in [1.165, 1.54) is 39.4 Å². The number of hydrogen-bond acceptors (Lipinski definition) is 3. The first-order chi connectivity index (χ1) is 16.6. The van der Waals surface area contributed by atoms with Gasteiger partial charge in [-0.15, -0.1) is 0 Å². The lowest BCUT2D eigenvalue weighted by atomic mass is 9.89. The van der Waals surface area contributed by atoms with Crippen molar-refractivity contribution in [2.45, 2.75) is 32.7 Å². The third kappa shape index (κ3) is 3.67. The monoisotopic (exact) mass is 451 g/mol. The van der Waals surface area contributed by atoms with Gasteiger partial charge in [0.25, 0.3) is 0 Å². The maximum absolute atomic E-state index is 13.1. The van der Waals surface area contributed by atoms with Crippen LogP contribution in [0.3, 0.4) is 0 Å². The summed E-state index contributed by atoms with van der Waals surface area (Å²) < 4.78 is 7.51. The van der Waals surface area contributed by atoms with Gasteiger partial charge in [-0.25, -0.2) is 4.79 Å². The van der Waals surface area contributed by atoms with Gasteiger partial charge in [-0.2, -0.15) is 0 Å². The molecular formula is C29H29N3O2. The summed E-state index contributed by atoms with van der Waals surface area (Å²) in [6.45, 7) is 2.46. The topological polar surface area (TPSA) is 69.6 Å². The number of esters is 1. The zero-order valence-electron chi connectivity index (χ0n) is 19.7. The molecule has 34 heavy (non-hydrogen) atoms. The molecule has 1 heterocycles. The van der Waals surface area contributed by atoms with Gasteiger partial charge >= 0.3 is 5.97 Å². The smallest absolute Gasteiger partial charge is 0.340 e. The van der Waals surface area contributed by atoms with Crippen molar-refractivity contribution < 1.29 is 9.53 Å². The Labute approximate surface area is 199 Å². The summed E-state index contributed by atoms with van der Waals surface area (Å²) in [5, 5.41) is 3.33. The molecule has 1 aromatic heterocycles. The summed E-state index contributed by atoms with van der Waals surface area (Å²) in [6.07, 6.45) is 6.89. The van der Waals surface area contributed by atoms with Gasteiger partial charge in [-0.05, 0) is 71.4 Å². The second-order valence-corrected chi connectivity index (χ2v) is 8.65. The Hall–Kier alpha value is -3.86. The van der Waals surface area contributed by atoms with Crippen molar-refractivity contribution in [3.05, 3.63) is 77.5 Å². The molecule has 0 atom stereocenters. The van der Waals surface area contributed by atoms with Gasteiger partial charge in [-0.1, -0.05) is 48.5 Å². The number of carbonyl (C=O) groups is 1. The molecule has 0 radical (unpaired) electrons. The summed E-state index contributed by atoms with van der Waals surface area (Å²) >= 11 is 0. The van der Waals surface area contributed by atoms with E-state index in [4.69, 9.17) is 10.5 Å². The highest BCUT2D eigenvalue weighted by atomic mass is 16.5. The molecule has 0 bridgehead atoms. The summed E-state index contributed by atoms with van der Waals surface area (Å²) in [7, 11) is 1.98. The maximum atomic E-state index is 13.1. The predicted octanol–water partition coefficient (Wildman–Crippen LogP) is 6.23. The standard InChI is InChI=1S/C29H29N3O2/c1-3-34-29(33)28-25-15-23(20-10-4-5-11-20)24(16-26(25)32(2)27(28)17-31-18-30)22-14-8-12-19-9-6-7-13-21(19)22/h6-10,12-16,18H,3-5,11,17H2,1-2H3,(H2,30,31). The first-order valence-corrected chi connectivity index (χ1v) is 11.8. The Kier molecular flexibility index (Phi) is 5.93. The lowest BCUT2D eigenvalue weighted by molar-refractivity contribution is 0.0527. The maximum Gasteiger partial charge on any atom is 0.340 e. The van der Waals surface area contributed by atoms with Crippen LogP contribution in [0, 0.1) is 0 Å². The fourth-order valence-corrected chi connectivity index (χ4v) is 5.15. The Morgan fingerprint density at radius 1 is 1.09 bits per heavy atom. The minimum absolute atomic E-state index is 0.317. The Morgan fingerprint density at radius 3 is 2.68 bits per heavy atom. The number of nitrogens with zero attached hydrogens (tertiary/aromatic N) is 2. The van der Waals surface area contributed by atoms with Crippen LogP contribution in [0.2, 0.25) is 0 Å². The molecule has 0 fully saturated rings. The Balaban J connectivity index is 1.85. The molecule has 2 N–H and O–H groups in total. The van der Waals surface area contributed by atoms with E-state index in [0.717, 1.165) is 35.9 Å². The van der Waals surface area contributed by atoms with E-state index < -0.39 is 0 Å². The fraction of sp³-hybridized carbons (Fsp3) is 0.241. The van der Waals surface area contributed by atoms with Crippen LogP contribution >= 0.6 is 0 Å². The minimum Gasteiger partial charge on any atom is -0.462 e. The zero-order valence-corrected chi connectivity index (χ0v) is 19.7. The highest BCUT2D eigenvalue weighted by Gasteiger charge is 2.25. The summed E-state index contributed by atoms with van der Waals surface area (Å²) in [4.78, 5) is 17.3. The minimum atomic E-state index is -0.320. The van der Waals surface area contributed by atoms with E-state index in [-0.39, 0.29) is 5.97 Å². The fourth-order valence-electron chi connectivity index (χ4n) is 5.15. The lowest BCUT2D eigenvalue weighted by Gasteiger charge is -2.15. The van der Waals surface area contributed by atoms with Crippen LogP contribution < -0.4 is 5.73 Å². The average molecular weight is 452 g/mol. The summed E-state index contributed by atoms with van der Waals surface area (Å²) in [5.74, 6) is -0.320. The predicted molar refractivity (Wildman–Crippen MR) is 140 cm³/mol. The second kappa shape index (κ2) is 9.18. The molecule has 5 rings (SSSR count). The molecule has 5 nitrogen and oxygen atoms in total. The van der Waals surface area contributed by atoms with Gasteiger partial charge < -0.3 is 15.0 Å². The number of ether oxygens (including phenoxy) is 1. The van der Waals surface area contributed by atoms with Crippen LogP contribution in [0.5, 0.6) is 0 Å². The van der Waals surface area contributed by atoms with Crippen LogP contribution in [0.25, 0.3) is 38.4 Å². The van der Waals surface area contributed by atoms with Gasteiger partial charge in [0, 0.05) is 18.0 Å². The molecule has 0 amide bonds. The number of nitrogens with two attached hydrogens (primary N) is 1. The van der Waals surface area contributed by atoms with Crippen LogP contribution in [0.15, 0.2) is 65.7 Å². The SMILES string of the molecule is CCOC(=O)c1c(CN=CN)n(C)c2cc(-c3cccc4ccccc34)c(C3=CCCC3)cc12. The van der Waals surface area contributed by atoms with Crippen LogP contribution in [-0.4, -0.2) is 23.5 Å². The second-order valence-electron chi connectivity index (χ2n) is 8.65. The van der Waals surface area contributed by atoms with Gasteiger partial charge in [0.2, 0.25) is 0 Å². The molecular weight excluding hydrogens is 422 g/mol. The molecule has 1 aliphatic carbocycles. The average Bonchev–Trinajstić information content (AvgIpc) is 3.48. The number of rotatable bonds is 6. The molecule has 1 aliphatic rings. The Bertz CT molecular complexity index is 1450. The van der Waals surface area contributed by atoms with Gasteiger partial charge in [0.15, 0.2) is 0 Å². The number of allylic oxidation sites excluding steroid dienone is 2. The van der Waals surface area contributed by atoms with E-state index in [2.05, 4.69) is 70.2 Å². The lowest BCUT2D eigenvalue weighted by Crippen LogP contribution is -2.09. The highest BCUT2D eigenvalue weighted by Crippen LogP contribution is 2.41. The third-order valence-electron chi connectivity index (χ3n) is 6.75. The van der Waals surface area contributed by atoms with Crippen LogP contribution in [-0.2, 0) is 18.3 Å². The van der Waals surface area contributed by atoms with E-state index >= 15 is 0 Å². The molecule has 0 saturated heterocycles. The van der Waals surface area contributed by atoms with Crippen molar-refractivity contribution in [3.63, 3.8) is 0 Å². The number of benzene rings is 3. The first kappa shape index (κ1) is 22.0. The van der Waals surface area contributed by atoms with Gasteiger partial charge in [-0.3, -0.25) is 4.99 Å². The van der Waals surface area contributed by atoms with Crippen LogP contribution in [0.1, 0.15) is 47.8 Å². The highest BCUT2D eigenvalue weighted by molar-refractivity contribution is 6.10. The van der Waals surface area contributed by atoms with Crippen molar-refractivity contribution in [3.8, 4) is 11.1 Å². The number of aliphatic imine (C=N–C) groups is 1.